The summed E-state index contributed by atoms with van der Waals surface area (Å²) in [7, 11) is 4.04. The summed E-state index contributed by atoms with van der Waals surface area (Å²) in [5, 5.41) is 10.7. The second-order valence-electron chi connectivity index (χ2n) is 6.63. The van der Waals surface area contributed by atoms with Gasteiger partial charge in [-0.15, -0.1) is 0 Å². The smallest absolute Gasteiger partial charge is 0.0900 e. The number of nitrogens with zero attached hydrogens (tertiary/aromatic N) is 2. The Morgan fingerprint density at radius 3 is 2.52 bits per heavy atom. The van der Waals surface area contributed by atoms with Crippen LogP contribution in [0, 0.1) is 0 Å². The molecule has 4 heteroatoms. The molecule has 0 spiro atoms. The fourth-order valence-electron chi connectivity index (χ4n) is 3.29. The number of likely N-dealkylation sites (N-methyl/N-ethyl adjacent to an activating group) is 1. The van der Waals surface area contributed by atoms with Crippen LogP contribution in [0.4, 0.5) is 0 Å². The number of hydrogen-bond donors (Lipinski definition) is 2. The van der Waals surface area contributed by atoms with Gasteiger partial charge in [0.1, 0.15) is 0 Å². The molecule has 1 atom stereocenters. The maximum absolute atomic E-state index is 10.7. The van der Waals surface area contributed by atoms with Crippen LogP contribution in [-0.4, -0.2) is 60.8 Å². The standard InChI is InChI=1S/C17H29N3O/c1-19(2)13-17(21)9-3-11-20(14-17)12-16-6-4-15(5-7-16)8-10-18/h4-7,21H,3,8-14,18H2,1-2H3. The molecule has 1 aromatic carbocycles. The van der Waals surface area contributed by atoms with Crippen molar-refractivity contribution >= 4 is 0 Å². The molecule has 2 rings (SSSR count). The van der Waals surface area contributed by atoms with E-state index in [9.17, 15) is 5.11 Å². The summed E-state index contributed by atoms with van der Waals surface area (Å²) in [4.78, 5) is 4.44. The minimum Gasteiger partial charge on any atom is -0.387 e. The van der Waals surface area contributed by atoms with Gasteiger partial charge in [-0.2, -0.15) is 0 Å². The third-order valence-electron chi connectivity index (χ3n) is 4.11. The van der Waals surface area contributed by atoms with Crippen molar-refractivity contribution in [3.8, 4) is 0 Å². The number of aliphatic hydroxyl groups is 1. The van der Waals surface area contributed by atoms with Crippen LogP contribution in [0.2, 0.25) is 0 Å². The molecule has 1 fully saturated rings. The predicted octanol–water partition coefficient (Wildman–Crippen LogP) is 1.08. The molecule has 0 saturated carbocycles. The number of nitrogens with two attached hydrogens (primary N) is 1. The number of β-amino-alcohol motifs (C(OH)–C–C–N with tert-alkyl or cyclic N) is 1. The minimum atomic E-state index is -0.568. The molecule has 21 heavy (non-hydrogen) atoms. The van der Waals surface area contributed by atoms with Crippen molar-refractivity contribution in [1.29, 1.82) is 0 Å². The lowest BCUT2D eigenvalue weighted by molar-refractivity contribution is -0.0479. The van der Waals surface area contributed by atoms with E-state index in [0.717, 1.165) is 45.4 Å². The Morgan fingerprint density at radius 2 is 1.90 bits per heavy atom. The molecule has 1 aliphatic rings. The molecule has 1 saturated heterocycles. The Hall–Kier alpha value is -0.940. The molecule has 1 unspecified atom stereocenters. The normalized spacial score (nSPS) is 23.7. The highest BCUT2D eigenvalue weighted by molar-refractivity contribution is 5.22. The highest BCUT2D eigenvalue weighted by atomic mass is 16.3. The number of benzene rings is 1. The van der Waals surface area contributed by atoms with Crippen LogP contribution in [0.5, 0.6) is 0 Å². The Labute approximate surface area is 128 Å². The summed E-state index contributed by atoms with van der Waals surface area (Å²) in [6, 6.07) is 8.70. The molecule has 3 N–H and O–H groups in total. The maximum atomic E-state index is 10.7. The monoisotopic (exact) mass is 291 g/mol. The Balaban J connectivity index is 1.92. The van der Waals surface area contributed by atoms with Crippen LogP contribution < -0.4 is 5.73 Å². The predicted molar refractivity (Wildman–Crippen MR) is 87.2 cm³/mol. The summed E-state index contributed by atoms with van der Waals surface area (Å²) in [6.07, 6.45) is 2.90. The largest absolute Gasteiger partial charge is 0.387 e. The van der Waals surface area contributed by atoms with Gasteiger partial charge < -0.3 is 15.7 Å². The molecular formula is C17H29N3O. The SMILES string of the molecule is CN(C)CC1(O)CCCN(Cc2ccc(CCN)cc2)C1. The van der Waals surface area contributed by atoms with Crippen LogP contribution in [0.15, 0.2) is 24.3 Å². The topological polar surface area (TPSA) is 52.7 Å². The molecule has 1 heterocycles. The molecule has 1 aromatic rings. The van der Waals surface area contributed by atoms with Gasteiger partial charge >= 0.3 is 0 Å². The van der Waals surface area contributed by atoms with E-state index in [1.165, 1.54) is 11.1 Å². The van der Waals surface area contributed by atoms with Gasteiger partial charge in [-0.1, -0.05) is 24.3 Å². The first-order chi connectivity index (χ1) is 10.0. The lowest BCUT2D eigenvalue weighted by Crippen LogP contribution is -2.52. The van der Waals surface area contributed by atoms with Crippen molar-refractivity contribution in [2.75, 3.05) is 40.3 Å². The molecular weight excluding hydrogens is 262 g/mol. The lowest BCUT2D eigenvalue weighted by Gasteiger charge is -2.40. The second-order valence-corrected chi connectivity index (χ2v) is 6.63. The van der Waals surface area contributed by atoms with E-state index in [4.69, 9.17) is 5.73 Å². The Morgan fingerprint density at radius 1 is 1.24 bits per heavy atom. The Bertz CT molecular complexity index is 432. The van der Waals surface area contributed by atoms with Crippen LogP contribution in [0.3, 0.4) is 0 Å². The van der Waals surface area contributed by atoms with Crippen LogP contribution in [0.25, 0.3) is 0 Å². The number of hydrogen-bond acceptors (Lipinski definition) is 4. The van der Waals surface area contributed by atoms with Crippen molar-refractivity contribution in [2.24, 2.45) is 5.73 Å². The van der Waals surface area contributed by atoms with Gasteiger partial charge in [-0.3, -0.25) is 4.90 Å². The van der Waals surface area contributed by atoms with E-state index in [-0.39, 0.29) is 0 Å². The van der Waals surface area contributed by atoms with Crippen molar-refractivity contribution < 1.29 is 5.11 Å². The summed E-state index contributed by atoms with van der Waals surface area (Å²) in [6.45, 7) is 4.18. The average molecular weight is 291 g/mol. The minimum absolute atomic E-state index is 0.568. The molecule has 0 bridgehead atoms. The van der Waals surface area contributed by atoms with Gasteiger partial charge in [0.05, 0.1) is 5.60 Å². The highest BCUT2D eigenvalue weighted by Crippen LogP contribution is 2.23. The van der Waals surface area contributed by atoms with Gasteiger partial charge in [0.25, 0.3) is 0 Å². The highest BCUT2D eigenvalue weighted by Gasteiger charge is 2.33. The van der Waals surface area contributed by atoms with E-state index in [2.05, 4.69) is 34.1 Å². The summed E-state index contributed by atoms with van der Waals surface area (Å²) >= 11 is 0. The lowest BCUT2D eigenvalue weighted by atomic mass is 9.92. The van der Waals surface area contributed by atoms with E-state index in [0.29, 0.717) is 6.54 Å². The Kier molecular flexibility index (Phi) is 5.76. The fourth-order valence-corrected chi connectivity index (χ4v) is 3.29. The zero-order valence-corrected chi connectivity index (χ0v) is 13.4. The van der Waals surface area contributed by atoms with Gasteiger partial charge in [0.15, 0.2) is 0 Å². The molecule has 0 amide bonds. The van der Waals surface area contributed by atoms with Gasteiger partial charge in [-0.25, -0.2) is 0 Å². The summed E-state index contributed by atoms with van der Waals surface area (Å²) < 4.78 is 0. The van der Waals surface area contributed by atoms with Crippen molar-refractivity contribution in [3.63, 3.8) is 0 Å². The first kappa shape index (κ1) is 16.4. The molecule has 0 aliphatic carbocycles. The van der Waals surface area contributed by atoms with E-state index >= 15 is 0 Å². The molecule has 0 aromatic heterocycles. The average Bonchev–Trinajstić information content (AvgIpc) is 2.40. The second kappa shape index (κ2) is 7.36. The van der Waals surface area contributed by atoms with Crippen molar-refractivity contribution in [2.45, 2.75) is 31.4 Å². The van der Waals surface area contributed by atoms with Crippen LogP contribution in [0.1, 0.15) is 24.0 Å². The number of rotatable bonds is 6. The quantitative estimate of drug-likeness (QED) is 0.823. The molecule has 4 nitrogen and oxygen atoms in total. The number of piperidine rings is 1. The van der Waals surface area contributed by atoms with E-state index < -0.39 is 5.60 Å². The first-order valence-electron chi connectivity index (χ1n) is 7.88. The maximum Gasteiger partial charge on any atom is 0.0900 e. The zero-order chi connectivity index (χ0) is 15.3. The van der Waals surface area contributed by atoms with Crippen molar-refractivity contribution in [1.82, 2.24) is 9.80 Å². The van der Waals surface area contributed by atoms with Gasteiger partial charge in [0.2, 0.25) is 0 Å². The molecule has 0 radical (unpaired) electrons. The van der Waals surface area contributed by atoms with E-state index in [1.54, 1.807) is 0 Å². The van der Waals surface area contributed by atoms with Crippen LogP contribution >= 0.6 is 0 Å². The molecule has 1 aliphatic heterocycles. The van der Waals surface area contributed by atoms with Crippen LogP contribution in [-0.2, 0) is 13.0 Å². The molecule has 118 valence electrons. The van der Waals surface area contributed by atoms with E-state index in [1.807, 2.05) is 14.1 Å². The van der Waals surface area contributed by atoms with Gasteiger partial charge in [0, 0.05) is 19.6 Å². The third kappa shape index (κ3) is 5.08. The zero-order valence-electron chi connectivity index (χ0n) is 13.4. The number of likely N-dealkylation sites (tertiary alicyclic amines) is 1. The third-order valence-corrected chi connectivity index (χ3v) is 4.11. The first-order valence-corrected chi connectivity index (χ1v) is 7.88. The summed E-state index contributed by atoms with van der Waals surface area (Å²) in [5.74, 6) is 0. The fraction of sp³-hybridized carbons (Fsp3) is 0.647. The van der Waals surface area contributed by atoms with Gasteiger partial charge in [-0.05, 0) is 57.6 Å². The summed E-state index contributed by atoms with van der Waals surface area (Å²) in [5.41, 5.74) is 7.61. The van der Waals surface area contributed by atoms with Crippen molar-refractivity contribution in [3.05, 3.63) is 35.4 Å².